The molecular weight excluding hydrogens is 573 g/mol. The quantitative estimate of drug-likeness (QED) is 0.248. The molecule has 10 nitrogen and oxygen atoms in total. The van der Waals surface area contributed by atoms with E-state index in [-0.39, 0.29) is 9.79 Å². The first kappa shape index (κ1) is 33.2. The molecule has 0 aliphatic carbocycles. The van der Waals surface area contributed by atoms with Crippen LogP contribution in [0, 0.1) is 0 Å². The van der Waals surface area contributed by atoms with Gasteiger partial charge in [-0.05, 0) is 63.6 Å². The highest BCUT2D eigenvalue weighted by atomic mass is 32.2. The van der Waals surface area contributed by atoms with E-state index in [9.17, 15) is 16.8 Å². The van der Waals surface area contributed by atoms with Gasteiger partial charge in [0.25, 0.3) is 20.0 Å². The predicted octanol–water partition coefficient (Wildman–Crippen LogP) is 4.06. The standard InChI is InChI=1S/C30H44N6O4S2/c1-7-36(8-2)22-20-32-28-23-27(31-19-21-33(3)4)29(41(37,38)34(5)25-15-11-9-12-16-25)24-30(28)42(39,40)35(6)26-17-13-10-14-18-26/h9-18,23-24,31-32H,7-8,19-22H2,1-6H3. The number of benzene rings is 3. The Morgan fingerprint density at radius 1 is 0.595 bits per heavy atom. The normalized spacial score (nSPS) is 12.0. The van der Waals surface area contributed by atoms with Crippen LogP contribution in [0.25, 0.3) is 0 Å². The minimum atomic E-state index is -4.17. The molecule has 0 fully saturated rings. The number of sulfonamides is 2. The van der Waals surface area contributed by atoms with Crippen molar-refractivity contribution in [1.82, 2.24) is 9.80 Å². The second kappa shape index (κ2) is 14.7. The van der Waals surface area contributed by atoms with Crippen molar-refractivity contribution in [3.05, 3.63) is 72.8 Å². The van der Waals surface area contributed by atoms with E-state index in [2.05, 4.69) is 29.4 Å². The zero-order valence-corrected chi connectivity index (χ0v) is 27.0. The summed E-state index contributed by atoms with van der Waals surface area (Å²) in [5.41, 5.74) is 1.58. The molecule has 0 spiro atoms. The molecule has 12 heteroatoms. The third-order valence-corrected chi connectivity index (χ3v) is 10.8. The summed E-state index contributed by atoms with van der Waals surface area (Å²) in [6.45, 7) is 8.15. The van der Waals surface area contributed by atoms with E-state index >= 15 is 0 Å². The van der Waals surface area contributed by atoms with Crippen LogP contribution in [-0.4, -0.2) is 94.1 Å². The molecule has 0 saturated heterocycles. The number of nitrogens with one attached hydrogen (secondary N) is 2. The van der Waals surface area contributed by atoms with Crippen LogP contribution in [-0.2, 0) is 20.0 Å². The third-order valence-electron chi connectivity index (χ3n) is 7.11. The number of likely N-dealkylation sites (N-methyl/N-ethyl adjacent to an activating group) is 2. The average molecular weight is 617 g/mol. The molecule has 3 rings (SSSR count). The largest absolute Gasteiger partial charge is 0.383 e. The van der Waals surface area contributed by atoms with Crippen molar-refractivity contribution < 1.29 is 16.8 Å². The van der Waals surface area contributed by atoms with Crippen molar-refractivity contribution >= 4 is 42.8 Å². The molecule has 3 aromatic carbocycles. The first-order valence-corrected chi connectivity index (χ1v) is 16.9. The highest BCUT2D eigenvalue weighted by molar-refractivity contribution is 7.93. The highest BCUT2D eigenvalue weighted by Gasteiger charge is 2.32. The van der Waals surface area contributed by atoms with Crippen LogP contribution < -0.4 is 19.2 Å². The molecule has 0 saturated carbocycles. The molecule has 0 aromatic heterocycles. The molecular formula is C30H44N6O4S2. The molecule has 0 radical (unpaired) electrons. The molecule has 0 aliphatic rings. The van der Waals surface area contributed by atoms with E-state index in [0.29, 0.717) is 48.9 Å². The van der Waals surface area contributed by atoms with Gasteiger partial charge in [-0.2, -0.15) is 0 Å². The maximum Gasteiger partial charge on any atom is 0.266 e. The number of rotatable bonds is 16. The Morgan fingerprint density at radius 2 is 1.00 bits per heavy atom. The lowest BCUT2D eigenvalue weighted by Gasteiger charge is -2.26. The molecule has 0 heterocycles. The smallest absolute Gasteiger partial charge is 0.266 e. The minimum Gasteiger partial charge on any atom is -0.383 e. The van der Waals surface area contributed by atoms with E-state index in [1.165, 1.54) is 28.8 Å². The van der Waals surface area contributed by atoms with Gasteiger partial charge in [-0.25, -0.2) is 16.8 Å². The summed E-state index contributed by atoms with van der Waals surface area (Å²) in [6, 6.07) is 20.3. The van der Waals surface area contributed by atoms with Crippen molar-refractivity contribution in [3.63, 3.8) is 0 Å². The second-order valence-electron chi connectivity index (χ2n) is 10.1. The summed E-state index contributed by atoms with van der Waals surface area (Å²) in [4.78, 5) is 3.96. The van der Waals surface area contributed by atoms with E-state index in [1.54, 1.807) is 60.7 Å². The van der Waals surface area contributed by atoms with Gasteiger partial charge in [0.1, 0.15) is 9.79 Å². The van der Waals surface area contributed by atoms with Crippen molar-refractivity contribution in [2.75, 3.05) is 86.7 Å². The molecule has 230 valence electrons. The van der Waals surface area contributed by atoms with E-state index in [4.69, 9.17) is 0 Å². The van der Waals surface area contributed by atoms with Gasteiger partial charge >= 0.3 is 0 Å². The van der Waals surface area contributed by atoms with Crippen molar-refractivity contribution in [1.29, 1.82) is 0 Å². The summed E-state index contributed by atoms with van der Waals surface area (Å²) in [5, 5.41) is 6.55. The van der Waals surface area contributed by atoms with E-state index in [1.807, 2.05) is 25.1 Å². The predicted molar refractivity (Wildman–Crippen MR) is 174 cm³/mol. The van der Waals surface area contributed by atoms with Crippen LogP contribution in [0.4, 0.5) is 22.7 Å². The Balaban J connectivity index is 2.21. The summed E-state index contributed by atoms with van der Waals surface area (Å²) in [7, 11) is -1.54. The summed E-state index contributed by atoms with van der Waals surface area (Å²) < 4.78 is 58.8. The summed E-state index contributed by atoms with van der Waals surface area (Å²) in [6.07, 6.45) is 0. The monoisotopic (exact) mass is 616 g/mol. The van der Waals surface area contributed by atoms with Gasteiger partial charge in [0.05, 0.1) is 22.7 Å². The minimum absolute atomic E-state index is 0.119. The fraction of sp³-hybridized carbons (Fsp3) is 0.400. The lowest BCUT2D eigenvalue weighted by Crippen LogP contribution is -2.31. The van der Waals surface area contributed by atoms with Gasteiger partial charge < -0.3 is 20.4 Å². The molecule has 0 atom stereocenters. The third kappa shape index (κ3) is 7.94. The van der Waals surface area contributed by atoms with Crippen LogP contribution >= 0.6 is 0 Å². The Bertz CT molecular complexity index is 1500. The van der Waals surface area contributed by atoms with Crippen LogP contribution in [0.15, 0.2) is 82.6 Å². The summed E-state index contributed by atoms with van der Waals surface area (Å²) >= 11 is 0. The topological polar surface area (TPSA) is 105 Å². The first-order chi connectivity index (χ1) is 19.9. The first-order valence-electron chi connectivity index (χ1n) is 14.0. The number of hydrogen-bond acceptors (Lipinski definition) is 8. The van der Waals surface area contributed by atoms with Crippen molar-refractivity contribution in [3.8, 4) is 0 Å². The molecule has 42 heavy (non-hydrogen) atoms. The average Bonchev–Trinajstić information content (AvgIpc) is 2.99. The molecule has 0 aliphatic heterocycles. The summed E-state index contributed by atoms with van der Waals surface area (Å²) in [5.74, 6) is 0. The Kier molecular flexibility index (Phi) is 11.6. The Labute approximate surface area is 252 Å². The number of hydrogen-bond donors (Lipinski definition) is 2. The number of para-hydroxylation sites is 2. The van der Waals surface area contributed by atoms with Gasteiger partial charge in [0, 0.05) is 40.3 Å². The molecule has 0 unspecified atom stereocenters. The maximum atomic E-state index is 14.1. The van der Waals surface area contributed by atoms with Gasteiger partial charge in [0.2, 0.25) is 0 Å². The molecule has 0 bridgehead atoms. The van der Waals surface area contributed by atoms with Crippen molar-refractivity contribution in [2.24, 2.45) is 0 Å². The van der Waals surface area contributed by atoms with Crippen molar-refractivity contribution in [2.45, 2.75) is 23.6 Å². The lowest BCUT2D eigenvalue weighted by atomic mass is 10.2. The highest BCUT2D eigenvalue weighted by Crippen LogP contribution is 2.36. The van der Waals surface area contributed by atoms with Gasteiger partial charge in [0.15, 0.2) is 0 Å². The van der Waals surface area contributed by atoms with Crippen LogP contribution in [0.1, 0.15) is 13.8 Å². The SMILES string of the molecule is CCN(CC)CCNc1cc(NCCN(C)C)c(S(=O)(=O)N(C)c2ccccc2)cc1S(=O)(=O)N(C)c1ccccc1. The van der Waals surface area contributed by atoms with Gasteiger partial charge in [-0.15, -0.1) is 0 Å². The second-order valence-corrected chi connectivity index (χ2v) is 14.0. The van der Waals surface area contributed by atoms with Gasteiger partial charge in [-0.1, -0.05) is 50.2 Å². The Hall–Kier alpha value is -3.32. The number of nitrogens with zero attached hydrogens (tertiary/aromatic N) is 4. The lowest BCUT2D eigenvalue weighted by molar-refractivity contribution is 0.316. The fourth-order valence-corrected chi connectivity index (χ4v) is 7.23. The molecule has 2 N–H and O–H groups in total. The van der Waals surface area contributed by atoms with E-state index < -0.39 is 20.0 Å². The zero-order valence-electron chi connectivity index (χ0n) is 25.4. The van der Waals surface area contributed by atoms with Crippen LogP contribution in [0.2, 0.25) is 0 Å². The van der Waals surface area contributed by atoms with Crippen LogP contribution in [0.3, 0.4) is 0 Å². The molecule has 0 amide bonds. The number of anilines is 4. The fourth-order valence-electron chi connectivity index (χ4n) is 4.42. The van der Waals surface area contributed by atoms with Crippen LogP contribution in [0.5, 0.6) is 0 Å². The molecule has 3 aromatic rings. The zero-order chi connectivity index (χ0) is 30.9. The maximum absolute atomic E-state index is 14.1. The Morgan fingerprint density at radius 3 is 1.38 bits per heavy atom. The van der Waals surface area contributed by atoms with Gasteiger partial charge in [-0.3, -0.25) is 8.61 Å². The van der Waals surface area contributed by atoms with E-state index in [0.717, 1.165) is 13.1 Å².